The van der Waals surface area contributed by atoms with E-state index < -0.39 is 0 Å². The number of aromatic nitrogens is 2. The highest BCUT2D eigenvalue weighted by Crippen LogP contribution is 2.27. The number of ketones is 1. The average Bonchev–Trinajstić information content (AvgIpc) is 3.05. The fourth-order valence-corrected chi connectivity index (χ4v) is 2.94. The Morgan fingerprint density at radius 1 is 1.13 bits per heavy atom. The summed E-state index contributed by atoms with van der Waals surface area (Å²) >= 11 is 0. The molecule has 4 nitrogen and oxygen atoms in total. The van der Waals surface area contributed by atoms with Crippen LogP contribution in [0.15, 0.2) is 47.0 Å². The summed E-state index contributed by atoms with van der Waals surface area (Å²) < 4.78 is 5.87. The third-order valence-corrected chi connectivity index (χ3v) is 4.12. The molecule has 0 saturated carbocycles. The predicted molar refractivity (Wildman–Crippen MR) is 87.2 cm³/mol. The van der Waals surface area contributed by atoms with E-state index in [1.54, 1.807) is 6.20 Å². The van der Waals surface area contributed by atoms with Crippen LogP contribution >= 0.6 is 0 Å². The fourth-order valence-electron chi connectivity index (χ4n) is 2.94. The third kappa shape index (κ3) is 2.57. The minimum atomic E-state index is 0.179. The number of pyridine rings is 1. The van der Waals surface area contributed by atoms with Gasteiger partial charge in [0, 0.05) is 17.5 Å². The van der Waals surface area contributed by atoms with Crippen molar-refractivity contribution in [1.29, 1.82) is 0 Å². The van der Waals surface area contributed by atoms with Crippen LogP contribution in [-0.4, -0.2) is 15.8 Å². The summed E-state index contributed by atoms with van der Waals surface area (Å²) in [4.78, 5) is 20.8. The van der Waals surface area contributed by atoms with Crippen molar-refractivity contribution in [3.05, 3.63) is 59.4 Å². The maximum atomic E-state index is 11.9. The summed E-state index contributed by atoms with van der Waals surface area (Å²) in [6.45, 7) is 2.04. The van der Waals surface area contributed by atoms with Crippen LogP contribution in [0.5, 0.6) is 0 Å². The van der Waals surface area contributed by atoms with Crippen molar-refractivity contribution in [2.75, 3.05) is 0 Å². The molecule has 0 bridgehead atoms. The monoisotopic (exact) mass is 304 g/mol. The van der Waals surface area contributed by atoms with Crippen LogP contribution in [0, 0.1) is 6.92 Å². The number of carbonyl (C=O) groups excluding carboxylic acids is 1. The lowest BCUT2D eigenvalue weighted by molar-refractivity contribution is 0.0971. The Hall–Kier alpha value is -2.75. The van der Waals surface area contributed by atoms with Crippen molar-refractivity contribution in [3.8, 4) is 22.9 Å². The van der Waals surface area contributed by atoms with Gasteiger partial charge in [0.25, 0.3) is 0 Å². The van der Waals surface area contributed by atoms with E-state index >= 15 is 0 Å². The lowest BCUT2D eigenvalue weighted by Crippen LogP contribution is -2.12. The quantitative estimate of drug-likeness (QED) is 0.711. The van der Waals surface area contributed by atoms with Gasteiger partial charge in [-0.1, -0.05) is 23.8 Å². The maximum absolute atomic E-state index is 11.9. The summed E-state index contributed by atoms with van der Waals surface area (Å²) in [6.07, 6.45) is 4.03. The Balaban J connectivity index is 1.71. The highest BCUT2D eigenvalue weighted by Gasteiger charge is 2.20. The molecule has 2 aromatic heterocycles. The van der Waals surface area contributed by atoms with Crippen LogP contribution in [-0.2, 0) is 6.42 Å². The first-order valence-corrected chi connectivity index (χ1v) is 7.77. The largest absolute Gasteiger partial charge is 0.435 e. The number of aryl methyl sites for hydroxylation is 2. The number of Topliss-reactive ketones (excluding diaryl/α,β-unsaturated/α-hetero) is 1. The summed E-state index contributed by atoms with van der Waals surface area (Å²) in [5, 5.41) is 0. The number of benzene rings is 1. The lowest BCUT2D eigenvalue weighted by atomic mass is 9.94. The van der Waals surface area contributed by atoms with Crippen LogP contribution in [0.1, 0.15) is 34.5 Å². The number of rotatable bonds is 2. The second kappa shape index (κ2) is 5.47. The van der Waals surface area contributed by atoms with E-state index in [0.717, 1.165) is 35.4 Å². The van der Waals surface area contributed by atoms with E-state index in [9.17, 15) is 4.79 Å². The van der Waals surface area contributed by atoms with Gasteiger partial charge < -0.3 is 4.42 Å². The first-order chi connectivity index (χ1) is 11.2. The van der Waals surface area contributed by atoms with Crippen LogP contribution in [0.3, 0.4) is 0 Å². The molecule has 0 spiro atoms. The Morgan fingerprint density at radius 3 is 2.91 bits per heavy atom. The van der Waals surface area contributed by atoms with Crippen LogP contribution in [0.25, 0.3) is 22.9 Å². The van der Waals surface area contributed by atoms with Crippen LogP contribution in [0.2, 0.25) is 0 Å². The van der Waals surface area contributed by atoms with Gasteiger partial charge in [-0.05, 0) is 38.0 Å². The minimum absolute atomic E-state index is 0.179. The second-order valence-corrected chi connectivity index (χ2v) is 5.87. The van der Waals surface area contributed by atoms with Gasteiger partial charge in [0.15, 0.2) is 11.5 Å². The highest BCUT2D eigenvalue weighted by atomic mass is 16.4. The van der Waals surface area contributed by atoms with Crippen molar-refractivity contribution in [2.45, 2.75) is 26.2 Å². The molecule has 0 fully saturated rings. The molecule has 2 heterocycles. The van der Waals surface area contributed by atoms with Crippen molar-refractivity contribution < 1.29 is 9.21 Å². The molecule has 0 aliphatic heterocycles. The SMILES string of the molecule is Cc1cccc(-c2cnc(-c3ccc4c(n3)CCCC4=O)o2)c1. The van der Waals surface area contributed by atoms with E-state index in [-0.39, 0.29) is 5.78 Å². The third-order valence-electron chi connectivity index (χ3n) is 4.12. The molecule has 23 heavy (non-hydrogen) atoms. The number of carbonyl (C=O) groups is 1. The van der Waals surface area contributed by atoms with Gasteiger partial charge in [0.2, 0.25) is 5.89 Å². The summed E-state index contributed by atoms with van der Waals surface area (Å²) in [6, 6.07) is 11.8. The first kappa shape index (κ1) is 13.9. The normalized spacial score (nSPS) is 13.9. The number of hydrogen-bond donors (Lipinski definition) is 0. The van der Waals surface area contributed by atoms with Crippen LogP contribution in [0.4, 0.5) is 0 Å². The predicted octanol–water partition coefficient (Wildman–Crippen LogP) is 4.23. The van der Waals surface area contributed by atoms with Gasteiger partial charge in [-0.15, -0.1) is 0 Å². The molecular weight excluding hydrogens is 288 g/mol. The molecule has 0 amide bonds. The van der Waals surface area contributed by atoms with Gasteiger partial charge in [-0.3, -0.25) is 4.79 Å². The molecule has 0 N–H and O–H groups in total. The molecule has 4 heteroatoms. The highest BCUT2D eigenvalue weighted by molar-refractivity contribution is 5.98. The number of fused-ring (bicyclic) bond motifs is 1. The topological polar surface area (TPSA) is 56.0 Å². The molecule has 3 aromatic rings. The zero-order valence-corrected chi connectivity index (χ0v) is 12.9. The Morgan fingerprint density at radius 2 is 2.04 bits per heavy atom. The van der Waals surface area contributed by atoms with E-state index in [1.165, 1.54) is 5.56 Å². The Bertz CT molecular complexity index is 896. The first-order valence-electron chi connectivity index (χ1n) is 7.77. The molecule has 1 aliphatic rings. The van der Waals surface area contributed by atoms with Gasteiger partial charge in [-0.2, -0.15) is 0 Å². The second-order valence-electron chi connectivity index (χ2n) is 5.87. The molecule has 1 aromatic carbocycles. The van der Waals surface area contributed by atoms with Crippen molar-refractivity contribution in [1.82, 2.24) is 9.97 Å². The molecule has 0 atom stereocenters. The summed E-state index contributed by atoms with van der Waals surface area (Å²) in [5.41, 5.74) is 4.44. The molecule has 4 rings (SSSR count). The molecule has 114 valence electrons. The molecule has 0 saturated heterocycles. The van der Waals surface area contributed by atoms with Crippen molar-refractivity contribution in [3.63, 3.8) is 0 Å². The Labute approximate surface area is 134 Å². The molecule has 0 radical (unpaired) electrons. The van der Waals surface area contributed by atoms with E-state index in [0.29, 0.717) is 18.0 Å². The van der Waals surface area contributed by atoms with E-state index in [4.69, 9.17) is 4.42 Å². The standard InChI is InChI=1S/C19H16N2O2/c1-12-4-2-5-13(10-12)18-11-20-19(23-18)16-9-8-14-15(21-16)6-3-7-17(14)22/h2,4-5,8-11H,3,6-7H2,1H3. The van der Waals surface area contributed by atoms with Gasteiger partial charge in [0.05, 0.1) is 11.9 Å². The van der Waals surface area contributed by atoms with Gasteiger partial charge >= 0.3 is 0 Å². The van der Waals surface area contributed by atoms with Gasteiger partial charge in [-0.25, -0.2) is 9.97 Å². The van der Waals surface area contributed by atoms with Gasteiger partial charge in [0.1, 0.15) is 5.69 Å². The zero-order chi connectivity index (χ0) is 15.8. The molecule has 1 aliphatic carbocycles. The van der Waals surface area contributed by atoms with Crippen molar-refractivity contribution in [2.24, 2.45) is 0 Å². The van der Waals surface area contributed by atoms with Crippen molar-refractivity contribution >= 4 is 5.78 Å². The van der Waals surface area contributed by atoms with Crippen LogP contribution < -0.4 is 0 Å². The van der Waals surface area contributed by atoms with E-state index in [1.807, 2.05) is 37.3 Å². The fraction of sp³-hybridized carbons (Fsp3) is 0.211. The lowest BCUT2D eigenvalue weighted by Gasteiger charge is -2.13. The summed E-state index contributed by atoms with van der Waals surface area (Å²) in [5.74, 6) is 1.39. The molecule has 0 unspecified atom stereocenters. The smallest absolute Gasteiger partial charge is 0.245 e. The number of hydrogen-bond acceptors (Lipinski definition) is 4. The maximum Gasteiger partial charge on any atom is 0.245 e. The number of nitrogens with zero attached hydrogens (tertiary/aromatic N) is 2. The zero-order valence-electron chi connectivity index (χ0n) is 12.9. The summed E-state index contributed by atoms with van der Waals surface area (Å²) in [7, 11) is 0. The number of oxazole rings is 1. The van der Waals surface area contributed by atoms with E-state index in [2.05, 4.69) is 16.0 Å². The molecular formula is C19H16N2O2. The average molecular weight is 304 g/mol. The minimum Gasteiger partial charge on any atom is -0.435 e. The Kier molecular flexibility index (Phi) is 3.30.